The van der Waals surface area contributed by atoms with Crippen LogP contribution in [0.15, 0.2) is 0 Å². The van der Waals surface area contributed by atoms with Gasteiger partial charge in [0.25, 0.3) is 0 Å². The van der Waals surface area contributed by atoms with Crippen LogP contribution in [-0.2, 0) is 17.1 Å². The molecule has 0 fully saturated rings. The van der Waals surface area contributed by atoms with Gasteiger partial charge in [-0.05, 0) is 0 Å². The smallest absolute Gasteiger partial charge is 0 e. The monoisotopic (exact) mass is 167 g/mol. The zero-order valence-corrected chi connectivity index (χ0v) is 5.07. The third-order valence-electron chi connectivity index (χ3n) is 0. The van der Waals surface area contributed by atoms with Gasteiger partial charge in [-0.3, -0.25) is 0 Å². The molecule has 0 aliphatic carbocycles. The fraction of sp³-hybridized carbons (Fsp3) is 0. The van der Waals surface area contributed by atoms with Gasteiger partial charge in [-0.25, -0.2) is 0 Å². The summed E-state index contributed by atoms with van der Waals surface area (Å²) in [6.45, 7) is 0. The summed E-state index contributed by atoms with van der Waals surface area (Å²) in [4.78, 5) is 0. The molecule has 0 saturated heterocycles. The van der Waals surface area contributed by atoms with Crippen LogP contribution >= 0.6 is 0 Å². The van der Waals surface area contributed by atoms with Crippen LogP contribution in [-0.4, -0.2) is 11.0 Å². The van der Waals surface area contributed by atoms with Crippen molar-refractivity contribution in [3.63, 3.8) is 0 Å². The molecule has 0 aromatic heterocycles. The maximum Gasteiger partial charge on any atom is 0 e. The van der Waals surface area contributed by atoms with Crippen LogP contribution in [0.4, 0.5) is 0 Å². The van der Waals surface area contributed by atoms with E-state index in [2.05, 4.69) is 0 Å². The quantitative estimate of drug-likeness (QED) is 0.335. The summed E-state index contributed by atoms with van der Waals surface area (Å²) >= 11 is 0. The summed E-state index contributed by atoms with van der Waals surface area (Å²) in [6, 6.07) is 0. The zero-order valence-electron chi connectivity index (χ0n) is 4.13. The van der Waals surface area contributed by atoms with Gasteiger partial charge in [-0.15, -0.1) is 0 Å². The van der Waals surface area contributed by atoms with E-state index in [9.17, 15) is 0 Å². The molecule has 6 nitrogen and oxygen atoms in total. The van der Waals surface area contributed by atoms with Gasteiger partial charge in [0.15, 0.2) is 0 Å². The molecule has 0 rings (SSSR count). The molecule has 0 aliphatic heterocycles. The summed E-state index contributed by atoms with van der Waals surface area (Å²) in [5.74, 6) is 0. The van der Waals surface area contributed by atoms with Gasteiger partial charge in [0.2, 0.25) is 0 Å². The topological polar surface area (TPSA) is 203 Å². The minimum atomic E-state index is 0. The normalized spacial score (nSPS) is 0. The van der Waals surface area contributed by atoms with Gasteiger partial charge in [0.05, 0.1) is 0 Å². The predicted molar refractivity (Wildman–Crippen MR) is 27.3 cm³/mol. The van der Waals surface area contributed by atoms with E-state index in [-0.39, 0.29) is 52.6 Å². The van der Waals surface area contributed by atoms with Crippen molar-refractivity contribution in [3.8, 4) is 0 Å². The van der Waals surface area contributed by atoms with Crippen molar-refractivity contribution >= 4 is 0 Å². The molecule has 1 radical (unpaired) electrons. The summed E-state index contributed by atoms with van der Waals surface area (Å²) in [5, 5.41) is 0. The molecule has 0 bridgehead atoms. The Labute approximate surface area is 53.5 Å². The molecule has 7 heavy (non-hydrogen) atoms. The van der Waals surface area contributed by atoms with Crippen LogP contribution in [0.3, 0.4) is 0 Å². The molecule has 0 aliphatic rings. The summed E-state index contributed by atoms with van der Waals surface area (Å²) in [7, 11) is 0. The first-order valence-corrected chi connectivity index (χ1v) is 0. The van der Waals surface area contributed by atoms with Crippen molar-refractivity contribution in [2.45, 2.75) is 0 Å². The van der Waals surface area contributed by atoms with Crippen molar-refractivity contribution < 1.29 is 28.0 Å². The maximum atomic E-state index is 0. The van der Waals surface area contributed by atoms with Crippen molar-refractivity contribution in [2.75, 3.05) is 0 Å². The fourth-order valence-corrected chi connectivity index (χ4v) is 0. The predicted octanol–water partition coefficient (Wildman–Crippen LogP) is -1.00. The first kappa shape index (κ1) is 3670. The molecule has 0 atom stereocenters. The minimum Gasteiger partial charge on any atom is -0.412 e. The van der Waals surface area contributed by atoms with E-state index < -0.39 is 0 Å². The molecule has 0 unspecified atom stereocenters. The Kier molecular flexibility index (Phi) is 1180000. The van der Waals surface area contributed by atoms with Crippen LogP contribution in [0.5, 0.6) is 0 Å². The summed E-state index contributed by atoms with van der Waals surface area (Å²) in [5.41, 5.74) is 0. The van der Waals surface area contributed by atoms with Crippen LogP contribution in [0.2, 0.25) is 0 Å². The summed E-state index contributed by atoms with van der Waals surface area (Å²) < 4.78 is 0. The van der Waals surface area contributed by atoms with Gasteiger partial charge in [-0.2, -0.15) is 0 Å². The molecule has 0 spiro atoms. The fourth-order valence-electron chi connectivity index (χ4n) is 0. The molecular formula is H16CuN4O2. The Hall–Kier alpha value is 0.279. The van der Waals surface area contributed by atoms with E-state index in [1.165, 1.54) is 0 Å². The molecule has 59 valence electrons. The van der Waals surface area contributed by atoms with Gasteiger partial charge >= 0.3 is 0 Å². The SMILES string of the molecule is N.N.N.N.O.O.[Cu]. The molecular weight excluding hydrogens is 152 g/mol. The second-order valence-electron chi connectivity index (χ2n) is 0. The molecule has 7 heteroatoms. The van der Waals surface area contributed by atoms with E-state index in [0.29, 0.717) is 0 Å². The number of hydrogen-bond donors (Lipinski definition) is 4. The Morgan fingerprint density at radius 1 is 0.429 bits per heavy atom. The van der Waals surface area contributed by atoms with E-state index in [0.717, 1.165) is 0 Å². The van der Waals surface area contributed by atoms with Crippen LogP contribution in [0.25, 0.3) is 0 Å². The molecule has 0 amide bonds. The zero-order chi connectivity index (χ0) is 0. The first-order valence-electron chi connectivity index (χ1n) is 0. The van der Waals surface area contributed by atoms with Crippen LogP contribution in [0, 0.1) is 0 Å². The van der Waals surface area contributed by atoms with Gasteiger partial charge in [-0.1, -0.05) is 0 Å². The number of rotatable bonds is 0. The standard InChI is InChI=1S/Cu.4H3N.2H2O/h;4*1H3;2*1H2. The van der Waals surface area contributed by atoms with Crippen molar-refractivity contribution in [2.24, 2.45) is 0 Å². The number of hydrogen-bond acceptors (Lipinski definition) is 4. The maximum absolute atomic E-state index is 0. The Bertz CT molecular complexity index is 9.65. The molecule has 16 N–H and O–H groups in total. The van der Waals surface area contributed by atoms with Crippen molar-refractivity contribution in [1.29, 1.82) is 0 Å². The minimum absolute atomic E-state index is 0. The molecule has 0 saturated carbocycles. The van der Waals surface area contributed by atoms with Gasteiger partial charge in [0, 0.05) is 17.1 Å². The largest absolute Gasteiger partial charge is 0.412 e. The Balaban J connectivity index is 0. The molecule has 0 aromatic rings. The average Bonchev–Trinajstić information content (AvgIpc) is 0. The second-order valence-corrected chi connectivity index (χ2v) is 0. The molecule has 0 heterocycles. The third-order valence-corrected chi connectivity index (χ3v) is 0. The van der Waals surface area contributed by atoms with Gasteiger partial charge in [0.1, 0.15) is 0 Å². The Morgan fingerprint density at radius 3 is 0.429 bits per heavy atom. The first-order chi connectivity index (χ1) is 0. The third kappa shape index (κ3) is 1470. The van der Waals surface area contributed by atoms with E-state index in [1.807, 2.05) is 0 Å². The van der Waals surface area contributed by atoms with Crippen molar-refractivity contribution in [3.05, 3.63) is 0 Å². The Morgan fingerprint density at radius 2 is 0.429 bits per heavy atom. The molecule has 0 aromatic carbocycles. The van der Waals surface area contributed by atoms with Crippen LogP contribution < -0.4 is 24.6 Å². The second kappa shape index (κ2) is 2240. The van der Waals surface area contributed by atoms with E-state index >= 15 is 0 Å². The van der Waals surface area contributed by atoms with Gasteiger partial charge < -0.3 is 35.6 Å². The average molecular weight is 168 g/mol. The van der Waals surface area contributed by atoms with Crippen LogP contribution in [0.1, 0.15) is 0 Å². The summed E-state index contributed by atoms with van der Waals surface area (Å²) in [6.07, 6.45) is 0. The van der Waals surface area contributed by atoms with E-state index in [4.69, 9.17) is 0 Å². The van der Waals surface area contributed by atoms with E-state index in [1.54, 1.807) is 0 Å². The van der Waals surface area contributed by atoms with Crippen molar-refractivity contribution in [1.82, 2.24) is 24.6 Å².